The van der Waals surface area contributed by atoms with Crippen molar-refractivity contribution in [3.05, 3.63) is 11.4 Å². The molecule has 0 aromatic carbocycles. The summed E-state index contributed by atoms with van der Waals surface area (Å²) in [6, 6.07) is 0. The number of piperidine rings is 1. The van der Waals surface area contributed by atoms with Gasteiger partial charge in [-0.2, -0.15) is 0 Å². The van der Waals surface area contributed by atoms with Crippen molar-refractivity contribution in [1.82, 2.24) is 4.90 Å². The zero-order chi connectivity index (χ0) is 12.4. The van der Waals surface area contributed by atoms with E-state index in [0.29, 0.717) is 25.9 Å². The first kappa shape index (κ1) is 12.8. The van der Waals surface area contributed by atoms with E-state index < -0.39 is 11.3 Å². The Kier molecular flexibility index (Phi) is 3.44. The molecule has 2 N–H and O–H groups in total. The lowest BCUT2D eigenvalue weighted by molar-refractivity contribution is 0.0186. The summed E-state index contributed by atoms with van der Waals surface area (Å²) in [6.07, 6.45) is 0.699. The van der Waals surface area contributed by atoms with E-state index in [9.17, 15) is 4.79 Å². The van der Waals surface area contributed by atoms with E-state index in [1.807, 2.05) is 20.8 Å². The SMILES string of the molecule is [C-]#[N+]C1(N)CCN(C(=O)OC(C)(C)C)CC1. The molecule has 1 fully saturated rings. The van der Waals surface area contributed by atoms with Gasteiger partial charge in [-0.25, -0.2) is 11.4 Å². The van der Waals surface area contributed by atoms with Gasteiger partial charge in [0.25, 0.3) is 5.66 Å². The lowest BCUT2D eigenvalue weighted by Gasteiger charge is -2.33. The molecule has 0 radical (unpaired) electrons. The average molecular weight is 225 g/mol. The largest absolute Gasteiger partial charge is 0.444 e. The van der Waals surface area contributed by atoms with Crippen molar-refractivity contribution in [3.63, 3.8) is 0 Å². The van der Waals surface area contributed by atoms with Crippen LogP contribution in [0.1, 0.15) is 33.6 Å². The minimum atomic E-state index is -0.793. The first-order valence-corrected chi connectivity index (χ1v) is 5.41. The Labute approximate surface area is 96.4 Å². The lowest BCUT2D eigenvalue weighted by Crippen LogP contribution is -2.50. The van der Waals surface area contributed by atoms with E-state index in [0.717, 1.165) is 0 Å². The van der Waals surface area contributed by atoms with E-state index >= 15 is 0 Å². The van der Waals surface area contributed by atoms with Crippen LogP contribution in [-0.4, -0.2) is 35.3 Å². The highest BCUT2D eigenvalue weighted by Gasteiger charge is 2.38. The van der Waals surface area contributed by atoms with E-state index in [2.05, 4.69) is 4.85 Å². The highest BCUT2D eigenvalue weighted by atomic mass is 16.6. The molecule has 5 heteroatoms. The molecule has 0 unspecified atom stereocenters. The van der Waals surface area contributed by atoms with Crippen LogP contribution in [0.25, 0.3) is 4.85 Å². The summed E-state index contributed by atoms with van der Waals surface area (Å²) in [5, 5.41) is 0. The van der Waals surface area contributed by atoms with Crippen molar-refractivity contribution in [3.8, 4) is 0 Å². The van der Waals surface area contributed by atoms with Gasteiger partial charge in [-0.1, -0.05) is 0 Å². The highest BCUT2D eigenvalue weighted by molar-refractivity contribution is 5.68. The minimum Gasteiger partial charge on any atom is -0.444 e. The Balaban J connectivity index is 2.49. The number of carbonyl (C=O) groups excluding carboxylic acids is 1. The molecule has 0 aliphatic carbocycles. The fourth-order valence-electron chi connectivity index (χ4n) is 1.51. The van der Waals surface area contributed by atoms with Gasteiger partial charge in [0, 0.05) is 13.1 Å². The number of nitrogens with zero attached hydrogens (tertiary/aromatic N) is 2. The van der Waals surface area contributed by atoms with Crippen molar-refractivity contribution in [2.24, 2.45) is 5.73 Å². The topological polar surface area (TPSA) is 59.9 Å². The first-order chi connectivity index (χ1) is 7.26. The van der Waals surface area contributed by atoms with Crippen molar-refractivity contribution in [2.75, 3.05) is 13.1 Å². The fraction of sp³-hybridized carbons (Fsp3) is 0.818. The minimum absolute atomic E-state index is 0.320. The summed E-state index contributed by atoms with van der Waals surface area (Å²) < 4.78 is 5.25. The molecule has 1 aliphatic heterocycles. The quantitative estimate of drug-likeness (QED) is 0.637. The van der Waals surface area contributed by atoms with Gasteiger partial charge in [0.2, 0.25) is 0 Å². The predicted molar refractivity (Wildman–Crippen MR) is 60.6 cm³/mol. The molecule has 0 bridgehead atoms. The predicted octanol–water partition coefficient (Wildman–Crippen LogP) is 1.59. The molecule has 5 nitrogen and oxygen atoms in total. The van der Waals surface area contributed by atoms with Gasteiger partial charge in [-0.05, 0) is 20.8 Å². The number of carbonyl (C=O) groups is 1. The maximum absolute atomic E-state index is 11.7. The molecule has 0 aromatic heterocycles. The zero-order valence-electron chi connectivity index (χ0n) is 10.1. The molecular formula is C11H19N3O2. The maximum atomic E-state index is 11.7. The zero-order valence-corrected chi connectivity index (χ0v) is 10.1. The van der Waals surface area contributed by atoms with Gasteiger partial charge in [0.1, 0.15) is 5.60 Å². The molecule has 1 amide bonds. The summed E-state index contributed by atoms with van der Waals surface area (Å²) in [5.41, 5.74) is 4.54. The average Bonchev–Trinajstić information content (AvgIpc) is 2.16. The summed E-state index contributed by atoms with van der Waals surface area (Å²) >= 11 is 0. The van der Waals surface area contributed by atoms with Crippen LogP contribution in [-0.2, 0) is 4.74 Å². The molecule has 0 spiro atoms. The van der Waals surface area contributed by atoms with Crippen LogP contribution in [0.15, 0.2) is 0 Å². The molecule has 0 aromatic rings. The number of hydrogen-bond acceptors (Lipinski definition) is 3. The van der Waals surface area contributed by atoms with E-state index in [-0.39, 0.29) is 6.09 Å². The third kappa shape index (κ3) is 3.38. The van der Waals surface area contributed by atoms with Crippen molar-refractivity contribution in [2.45, 2.75) is 44.9 Å². The number of ether oxygens (including phenoxy) is 1. The number of likely N-dealkylation sites (tertiary alicyclic amines) is 1. The molecule has 1 rings (SSSR count). The van der Waals surface area contributed by atoms with Gasteiger partial charge >= 0.3 is 6.09 Å². The Morgan fingerprint density at radius 2 is 1.94 bits per heavy atom. The van der Waals surface area contributed by atoms with Crippen LogP contribution in [0, 0.1) is 6.57 Å². The van der Waals surface area contributed by atoms with Crippen molar-refractivity contribution < 1.29 is 9.53 Å². The molecular weight excluding hydrogens is 206 g/mol. The highest BCUT2D eigenvalue weighted by Crippen LogP contribution is 2.22. The van der Waals surface area contributed by atoms with Gasteiger partial charge in [-0.3, -0.25) is 10.6 Å². The molecule has 16 heavy (non-hydrogen) atoms. The van der Waals surface area contributed by atoms with Crippen LogP contribution in [0.5, 0.6) is 0 Å². The monoisotopic (exact) mass is 225 g/mol. The Bertz CT molecular complexity index is 306. The smallest absolute Gasteiger partial charge is 0.410 e. The summed E-state index contributed by atoms with van der Waals surface area (Å²) in [4.78, 5) is 16.7. The van der Waals surface area contributed by atoms with E-state index in [4.69, 9.17) is 17.0 Å². The molecule has 1 saturated heterocycles. The normalized spacial score (nSPS) is 20.1. The second-order valence-corrected chi connectivity index (χ2v) is 5.18. The van der Waals surface area contributed by atoms with E-state index in [1.165, 1.54) is 0 Å². The fourth-order valence-corrected chi connectivity index (χ4v) is 1.51. The molecule has 0 atom stereocenters. The van der Waals surface area contributed by atoms with Crippen molar-refractivity contribution in [1.29, 1.82) is 0 Å². The van der Waals surface area contributed by atoms with Gasteiger partial charge in [0.05, 0.1) is 12.8 Å². The van der Waals surface area contributed by atoms with Crippen LogP contribution >= 0.6 is 0 Å². The lowest BCUT2D eigenvalue weighted by atomic mass is 9.99. The summed E-state index contributed by atoms with van der Waals surface area (Å²) in [6.45, 7) is 13.5. The first-order valence-electron chi connectivity index (χ1n) is 5.41. The van der Waals surface area contributed by atoms with Crippen LogP contribution in [0.3, 0.4) is 0 Å². The molecule has 0 saturated carbocycles. The van der Waals surface area contributed by atoms with Crippen LogP contribution < -0.4 is 5.73 Å². The van der Waals surface area contributed by atoms with Gasteiger partial charge in [-0.15, -0.1) is 0 Å². The molecule has 1 aliphatic rings. The van der Waals surface area contributed by atoms with Gasteiger partial charge in [0.15, 0.2) is 0 Å². The van der Waals surface area contributed by atoms with Crippen molar-refractivity contribution >= 4 is 6.09 Å². The van der Waals surface area contributed by atoms with Crippen LogP contribution in [0.2, 0.25) is 0 Å². The number of rotatable bonds is 0. The second-order valence-electron chi connectivity index (χ2n) is 5.18. The second kappa shape index (κ2) is 4.30. The summed E-state index contributed by atoms with van der Waals surface area (Å²) in [5.74, 6) is 0. The number of amides is 1. The number of hydrogen-bond donors (Lipinski definition) is 1. The Morgan fingerprint density at radius 1 is 1.44 bits per heavy atom. The Hall–Kier alpha value is -1.28. The third-order valence-electron chi connectivity index (χ3n) is 2.50. The maximum Gasteiger partial charge on any atom is 0.410 e. The molecule has 1 heterocycles. The Morgan fingerprint density at radius 3 is 2.31 bits per heavy atom. The number of nitrogens with two attached hydrogens (primary N) is 1. The van der Waals surface area contributed by atoms with E-state index in [1.54, 1.807) is 4.90 Å². The molecule has 90 valence electrons. The van der Waals surface area contributed by atoms with Crippen LogP contribution in [0.4, 0.5) is 4.79 Å². The van der Waals surface area contributed by atoms with Gasteiger partial charge < -0.3 is 9.64 Å². The standard InChI is InChI=1S/C11H19N3O2/c1-10(2,3)16-9(15)14-7-5-11(12,13-4)6-8-14/h5-8,12H2,1-3H3. The summed E-state index contributed by atoms with van der Waals surface area (Å²) in [7, 11) is 0. The third-order valence-corrected chi connectivity index (χ3v) is 2.50.